The van der Waals surface area contributed by atoms with E-state index in [1.165, 1.54) is 32.1 Å². The van der Waals surface area contributed by atoms with Crippen LogP contribution in [0.2, 0.25) is 0 Å². The summed E-state index contributed by atoms with van der Waals surface area (Å²) in [7, 11) is 0. The minimum Gasteiger partial charge on any atom is -0.390 e. The van der Waals surface area contributed by atoms with E-state index in [0.717, 1.165) is 25.7 Å². The molecule has 2 rings (SSSR count). The molecule has 18 heavy (non-hydrogen) atoms. The number of aliphatic hydroxyl groups is 1. The Hall–Kier alpha value is -0.120. The summed E-state index contributed by atoms with van der Waals surface area (Å²) in [6, 6.07) is 0. The van der Waals surface area contributed by atoms with E-state index in [2.05, 4.69) is 6.92 Å². The maximum Gasteiger partial charge on any atom is 0.0870 e. The molecule has 3 N–H and O–H groups in total. The molecule has 1 saturated heterocycles. The van der Waals surface area contributed by atoms with Crippen LogP contribution in [0.25, 0.3) is 0 Å². The van der Waals surface area contributed by atoms with Crippen LogP contribution in [-0.4, -0.2) is 30.0 Å². The Bertz CT molecular complexity index is 249. The first-order valence-corrected chi connectivity index (χ1v) is 7.71. The molecule has 3 unspecified atom stereocenters. The largest absolute Gasteiger partial charge is 0.390 e. The van der Waals surface area contributed by atoms with Gasteiger partial charge in [0.2, 0.25) is 0 Å². The second-order valence-corrected chi connectivity index (χ2v) is 6.34. The molecule has 106 valence electrons. The van der Waals surface area contributed by atoms with Crippen LogP contribution in [0, 0.1) is 5.41 Å². The van der Waals surface area contributed by atoms with Crippen molar-refractivity contribution in [1.82, 2.24) is 0 Å². The topological polar surface area (TPSA) is 55.5 Å². The van der Waals surface area contributed by atoms with Crippen molar-refractivity contribution >= 4 is 0 Å². The predicted octanol–water partition coefficient (Wildman–Crippen LogP) is 2.60. The highest BCUT2D eigenvalue weighted by atomic mass is 16.5. The van der Waals surface area contributed by atoms with Crippen LogP contribution in [0.5, 0.6) is 0 Å². The van der Waals surface area contributed by atoms with Gasteiger partial charge in [0.25, 0.3) is 0 Å². The molecule has 0 spiro atoms. The van der Waals surface area contributed by atoms with Crippen LogP contribution < -0.4 is 5.73 Å². The van der Waals surface area contributed by atoms with Gasteiger partial charge in [-0.05, 0) is 32.6 Å². The van der Waals surface area contributed by atoms with Gasteiger partial charge in [-0.25, -0.2) is 0 Å². The molecule has 0 aromatic carbocycles. The van der Waals surface area contributed by atoms with E-state index >= 15 is 0 Å². The zero-order chi connectivity index (χ0) is 13.0. The van der Waals surface area contributed by atoms with Crippen LogP contribution in [0.15, 0.2) is 0 Å². The van der Waals surface area contributed by atoms with E-state index in [9.17, 15) is 5.11 Å². The van der Waals surface area contributed by atoms with Crippen molar-refractivity contribution in [2.24, 2.45) is 11.1 Å². The summed E-state index contributed by atoms with van der Waals surface area (Å²) in [5.41, 5.74) is 5.96. The van der Waals surface area contributed by atoms with E-state index in [-0.39, 0.29) is 17.6 Å². The van der Waals surface area contributed by atoms with Crippen molar-refractivity contribution in [3.05, 3.63) is 0 Å². The summed E-state index contributed by atoms with van der Waals surface area (Å²) in [5, 5.41) is 10.8. The molecular formula is C15H29NO2. The van der Waals surface area contributed by atoms with E-state index in [1.807, 2.05) is 0 Å². The molecular weight excluding hydrogens is 226 g/mol. The first-order valence-electron chi connectivity index (χ1n) is 7.71. The van der Waals surface area contributed by atoms with Crippen molar-refractivity contribution in [3.63, 3.8) is 0 Å². The fourth-order valence-corrected chi connectivity index (χ4v) is 3.69. The van der Waals surface area contributed by atoms with Gasteiger partial charge in [-0.1, -0.05) is 32.1 Å². The number of hydrogen-bond acceptors (Lipinski definition) is 3. The highest BCUT2D eigenvalue weighted by molar-refractivity contribution is 4.94. The summed E-state index contributed by atoms with van der Waals surface area (Å²) in [5.74, 6) is 0. The molecule has 1 aliphatic carbocycles. The van der Waals surface area contributed by atoms with Crippen molar-refractivity contribution in [2.75, 3.05) is 6.54 Å². The number of nitrogens with two attached hydrogens (primary N) is 1. The molecule has 1 saturated carbocycles. The third-order valence-electron chi connectivity index (χ3n) is 5.00. The Morgan fingerprint density at radius 3 is 2.28 bits per heavy atom. The van der Waals surface area contributed by atoms with Gasteiger partial charge in [0.05, 0.1) is 18.3 Å². The van der Waals surface area contributed by atoms with Crippen molar-refractivity contribution < 1.29 is 9.84 Å². The molecule has 0 radical (unpaired) electrons. The molecule has 3 heteroatoms. The van der Waals surface area contributed by atoms with Crippen LogP contribution in [-0.2, 0) is 4.74 Å². The van der Waals surface area contributed by atoms with Gasteiger partial charge < -0.3 is 15.6 Å². The molecule has 0 aromatic heterocycles. The van der Waals surface area contributed by atoms with Gasteiger partial charge in [-0.3, -0.25) is 0 Å². The summed E-state index contributed by atoms with van der Waals surface area (Å²) in [6.07, 6.45) is 10.5. The smallest absolute Gasteiger partial charge is 0.0870 e. The summed E-state index contributed by atoms with van der Waals surface area (Å²) in [4.78, 5) is 0. The SMILES string of the molecule is CC1CCC(C(O)C2(CN)CCCCCCC2)O1. The molecule has 3 nitrogen and oxygen atoms in total. The molecule has 0 aromatic rings. The standard InChI is InChI=1S/C15H29NO2/c1-12-7-8-13(18-12)14(17)15(11-16)9-5-3-2-4-6-10-15/h12-14,17H,2-11,16H2,1H3. The van der Waals surface area contributed by atoms with Gasteiger partial charge in [0, 0.05) is 12.0 Å². The first-order chi connectivity index (χ1) is 8.68. The third-order valence-corrected chi connectivity index (χ3v) is 5.00. The average molecular weight is 255 g/mol. The Labute approximate surface area is 111 Å². The average Bonchev–Trinajstić information content (AvgIpc) is 2.76. The minimum absolute atomic E-state index is 0.0166. The quantitative estimate of drug-likeness (QED) is 0.815. The van der Waals surface area contributed by atoms with Gasteiger partial charge >= 0.3 is 0 Å². The van der Waals surface area contributed by atoms with E-state index in [1.54, 1.807) is 0 Å². The Morgan fingerprint density at radius 1 is 1.17 bits per heavy atom. The molecule has 2 fully saturated rings. The molecule has 0 bridgehead atoms. The number of hydrogen-bond donors (Lipinski definition) is 2. The van der Waals surface area contributed by atoms with Crippen LogP contribution in [0.4, 0.5) is 0 Å². The summed E-state index contributed by atoms with van der Waals surface area (Å²) in [6.45, 7) is 2.70. The summed E-state index contributed by atoms with van der Waals surface area (Å²) >= 11 is 0. The molecule has 2 aliphatic rings. The van der Waals surface area contributed by atoms with Gasteiger partial charge in [0.1, 0.15) is 0 Å². The maximum atomic E-state index is 10.8. The maximum absolute atomic E-state index is 10.8. The van der Waals surface area contributed by atoms with Gasteiger partial charge in [0.15, 0.2) is 0 Å². The van der Waals surface area contributed by atoms with E-state index < -0.39 is 0 Å². The zero-order valence-corrected chi connectivity index (χ0v) is 11.7. The second kappa shape index (κ2) is 6.36. The molecule has 3 atom stereocenters. The van der Waals surface area contributed by atoms with E-state index in [0.29, 0.717) is 12.6 Å². The second-order valence-electron chi connectivity index (χ2n) is 6.34. The highest BCUT2D eigenvalue weighted by Crippen LogP contribution is 2.40. The lowest BCUT2D eigenvalue weighted by molar-refractivity contribution is -0.0947. The lowest BCUT2D eigenvalue weighted by Crippen LogP contribution is -2.48. The zero-order valence-electron chi connectivity index (χ0n) is 11.7. The number of ether oxygens (including phenoxy) is 1. The van der Waals surface area contributed by atoms with Crippen molar-refractivity contribution in [3.8, 4) is 0 Å². The Morgan fingerprint density at radius 2 is 1.78 bits per heavy atom. The lowest BCUT2D eigenvalue weighted by Gasteiger charge is -2.41. The molecule has 0 amide bonds. The third kappa shape index (κ3) is 3.06. The fourth-order valence-electron chi connectivity index (χ4n) is 3.69. The van der Waals surface area contributed by atoms with Gasteiger partial charge in [-0.15, -0.1) is 0 Å². The normalized spacial score (nSPS) is 34.8. The van der Waals surface area contributed by atoms with Crippen molar-refractivity contribution in [2.45, 2.75) is 83.0 Å². The van der Waals surface area contributed by atoms with Gasteiger partial charge in [-0.2, -0.15) is 0 Å². The highest BCUT2D eigenvalue weighted by Gasteiger charge is 2.43. The molecule has 1 aliphatic heterocycles. The van der Waals surface area contributed by atoms with Crippen molar-refractivity contribution in [1.29, 1.82) is 0 Å². The number of rotatable bonds is 3. The van der Waals surface area contributed by atoms with Crippen LogP contribution >= 0.6 is 0 Å². The van der Waals surface area contributed by atoms with E-state index in [4.69, 9.17) is 10.5 Å². The summed E-state index contributed by atoms with van der Waals surface area (Å²) < 4.78 is 5.87. The number of aliphatic hydroxyl groups excluding tert-OH is 1. The minimum atomic E-state index is -0.370. The Balaban J connectivity index is 2.03. The Kier molecular flexibility index (Phi) is 5.05. The predicted molar refractivity (Wildman–Crippen MR) is 73.4 cm³/mol. The lowest BCUT2D eigenvalue weighted by atomic mass is 9.70. The van der Waals surface area contributed by atoms with Crippen LogP contribution in [0.1, 0.15) is 64.7 Å². The first kappa shape index (κ1) is 14.3. The fraction of sp³-hybridized carbons (Fsp3) is 1.00. The van der Waals surface area contributed by atoms with Crippen LogP contribution in [0.3, 0.4) is 0 Å². The monoisotopic (exact) mass is 255 g/mol. The molecule has 1 heterocycles.